The number of esters is 1. The maximum absolute atomic E-state index is 13.6. The molecule has 13 nitrogen and oxygen atoms in total. The Morgan fingerprint density at radius 2 is 1.58 bits per heavy atom. The van der Waals surface area contributed by atoms with Crippen molar-refractivity contribution in [3.05, 3.63) is 42.0 Å². The molecule has 2 unspecified atom stereocenters. The van der Waals surface area contributed by atoms with Gasteiger partial charge in [-0.1, -0.05) is 115 Å². The van der Waals surface area contributed by atoms with Gasteiger partial charge in [-0.15, -0.1) is 0 Å². The second-order valence-corrected chi connectivity index (χ2v) is 16.8. The molecule has 2 heterocycles. The first-order valence-electron chi connectivity index (χ1n) is 23.1. The number of carbonyl (C=O) groups excluding carboxylic acids is 5. The lowest BCUT2D eigenvalue weighted by Gasteiger charge is -2.24. The molecule has 0 bridgehead atoms. The molecule has 4 amide bonds. The molecule has 1 aromatic rings. The lowest BCUT2D eigenvalue weighted by Crippen LogP contribution is -2.51. The Labute approximate surface area is 359 Å². The summed E-state index contributed by atoms with van der Waals surface area (Å²) in [7, 11) is 0. The van der Waals surface area contributed by atoms with E-state index in [4.69, 9.17) is 9.47 Å². The fourth-order valence-electron chi connectivity index (χ4n) is 7.45. The summed E-state index contributed by atoms with van der Waals surface area (Å²) in [6.45, 7) is 6.29. The second kappa shape index (κ2) is 28.9. The van der Waals surface area contributed by atoms with Crippen LogP contribution >= 0.6 is 0 Å². The zero-order valence-electron chi connectivity index (χ0n) is 36.8. The Bertz CT molecular complexity index is 1530. The summed E-state index contributed by atoms with van der Waals surface area (Å²) in [5.74, 6) is -2.01. The van der Waals surface area contributed by atoms with E-state index < -0.39 is 41.5 Å². The number of phenolic OH excluding ortho intramolecular Hbond substituents is 1. The van der Waals surface area contributed by atoms with Gasteiger partial charge in [0.05, 0.1) is 12.0 Å². The number of unbranched alkanes of at least 4 members (excludes halogenated alkanes) is 16. The van der Waals surface area contributed by atoms with Gasteiger partial charge in [0.1, 0.15) is 30.5 Å². The highest BCUT2D eigenvalue weighted by molar-refractivity contribution is 6.02. The highest BCUT2D eigenvalue weighted by Crippen LogP contribution is 2.26. The molecule has 1 fully saturated rings. The Morgan fingerprint density at radius 3 is 2.25 bits per heavy atom. The van der Waals surface area contributed by atoms with Crippen LogP contribution in [0.25, 0.3) is 0 Å². The van der Waals surface area contributed by atoms with Crippen LogP contribution in [-0.2, 0) is 33.4 Å². The molecular formula is C47H75N5O8. The molecule has 3 rings (SSSR count). The average Bonchev–Trinajstić information content (AvgIpc) is 3.52. The molecule has 13 heteroatoms. The fourth-order valence-corrected chi connectivity index (χ4v) is 7.45. The van der Waals surface area contributed by atoms with E-state index in [-0.39, 0.29) is 42.9 Å². The van der Waals surface area contributed by atoms with Crippen molar-refractivity contribution in [1.29, 1.82) is 0 Å². The van der Waals surface area contributed by atoms with E-state index in [9.17, 15) is 29.1 Å². The number of ether oxygens (including phenoxy) is 2. The number of allylic oxidation sites excluding steroid dienone is 1. The molecule has 336 valence electrons. The second-order valence-electron chi connectivity index (χ2n) is 16.8. The molecule has 1 saturated heterocycles. The first-order valence-corrected chi connectivity index (χ1v) is 23.1. The molecule has 0 aliphatic carbocycles. The summed E-state index contributed by atoms with van der Waals surface area (Å²) >= 11 is 0. The van der Waals surface area contributed by atoms with Crippen molar-refractivity contribution >= 4 is 35.5 Å². The van der Waals surface area contributed by atoms with E-state index in [0.29, 0.717) is 37.9 Å². The zero-order valence-corrected chi connectivity index (χ0v) is 36.8. The van der Waals surface area contributed by atoms with Gasteiger partial charge in [-0.2, -0.15) is 0 Å². The minimum Gasteiger partial charge on any atom is -0.507 e. The van der Waals surface area contributed by atoms with Gasteiger partial charge in [0.15, 0.2) is 5.54 Å². The maximum Gasteiger partial charge on any atom is 0.328 e. The zero-order chi connectivity index (χ0) is 43.4. The van der Waals surface area contributed by atoms with Crippen LogP contribution in [0.2, 0.25) is 0 Å². The van der Waals surface area contributed by atoms with Gasteiger partial charge >= 0.3 is 5.97 Å². The number of aliphatic imine (C=N–C) groups is 1. The van der Waals surface area contributed by atoms with Crippen LogP contribution in [0, 0.1) is 0 Å². The summed E-state index contributed by atoms with van der Waals surface area (Å²) < 4.78 is 11.4. The molecule has 0 aromatic heterocycles. The highest BCUT2D eigenvalue weighted by Gasteiger charge is 2.42. The Morgan fingerprint density at radius 1 is 0.933 bits per heavy atom. The number of rotatable bonds is 30. The van der Waals surface area contributed by atoms with Gasteiger partial charge in [-0.25, -0.2) is 9.79 Å². The number of nitrogens with zero attached hydrogens (tertiary/aromatic N) is 1. The monoisotopic (exact) mass is 838 g/mol. The van der Waals surface area contributed by atoms with Crippen molar-refractivity contribution in [1.82, 2.24) is 21.3 Å². The average molecular weight is 838 g/mol. The lowest BCUT2D eigenvalue weighted by atomic mass is 10.0. The minimum absolute atomic E-state index is 0.0390. The van der Waals surface area contributed by atoms with Crippen LogP contribution in [0.4, 0.5) is 0 Å². The number of carbonyl (C=O) groups is 5. The summed E-state index contributed by atoms with van der Waals surface area (Å²) in [4.78, 5) is 69.1. The SMILES string of the molecule is CCCCCCCCCCCCCCCCC/C=C\C(=O)NCCCC[C@H](NC(=O)C1(C)COC(c2ccccc2O)=N1)C(=O)OC(C)CC(=O)N[C@H]1CCCCNC1=O. The number of hydrogen-bond donors (Lipinski definition) is 5. The van der Waals surface area contributed by atoms with E-state index in [0.717, 1.165) is 25.7 Å². The summed E-state index contributed by atoms with van der Waals surface area (Å²) in [6, 6.07) is 4.81. The number of aromatic hydroxyl groups is 1. The number of nitrogens with one attached hydrogen (secondary N) is 4. The molecule has 0 spiro atoms. The van der Waals surface area contributed by atoms with Gasteiger partial charge < -0.3 is 35.8 Å². The number of hydrogen-bond acceptors (Lipinski definition) is 9. The van der Waals surface area contributed by atoms with Crippen molar-refractivity contribution in [3.63, 3.8) is 0 Å². The van der Waals surface area contributed by atoms with Crippen LogP contribution in [0.15, 0.2) is 41.4 Å². The fraction of sp³-hybridized carbons (Fsp3) is 0.702. The Hall–Kier alpha value is -4.42. The standard InChI is InChI=1S/C47H75N5O8/c1-4-5-6-7-8-9-10-11-12-13-14-15-16-17-18-19-20-31-41(54)48-32-25-24-29-39(45(57)60-36(2)34-42(55)50-38-28-23-26-33-49-43(38)56)51-46(58)47(3)35-59-44(52-47)37-27-21-22-30-40(37)53/h20-22,27,30-31,36,38-39,53H,4-19,23-26,28-29,32-35H2,1-3H3,(H,48,54)(H,49,56)(H,50,55)(H,51,58)/b31-20-/t36?,38-,39-,47?/m0/s1. The summed E-state index contributed by atoms with van der Waals surface area (Å²) in [6.07, 6.45) is 26.6. The van der Waals surface area contributed by atoms with Crippen molar-refractivity contribution in [2.75, 3.05) is 19.7 Å². The maximum atomic E-state index is 13.6. The van der Waals surface area contributed by atoms with E-state index in [1.54, 1.807) is 38.1 Å². The normalized spacial score (nSPS) is 18.8. The number of para-hydroxylation sites is 1. The molecule has 60 heavy (non-hydrogen) atoms. The van der Waals surface area contributed by atoms with Gasteiger partial charge in [0.25, 0.3) is 5.91 Å². The Balaban J connectivity index is 1.39. The van der Waals surface area contributed by atoms with Crippen molar-refractivity contribution < 1.29 is 38.6 Å². The summed E-state index contributed by atoms with van der Waals surface area (Å²) in [5.41, 5.74) is -1.03. The van der Waals surface area contributed by atoms with Crippen LogP contribution < -0.4 is 21.3 Å². The van der Waals surface area contributed by atoms with Crippen molar-refractivity contribution in [3.8, 4) is 5.75 Å². The van der Waals surface area contributed by atoms with Crippen LogP contribution in [0.5, 0.6) is 5.75 Å². The first-order chi connectivity index (χ1) is 29.0. The molecule has 2 aliphatic rings. The van der Waals surface area contributed by atoms with Crippen molar-refractivity contribution in [2.45, 2.75) is 192 Å². The number of benzene rings is 1. The topological polar surface area (TPSA) is 185 Å². The molecule has 1 aromatic carbocycles. The van der Waals surface area contributed by atoms with Gasteiger partial charge in [-0.05, 0) is 83.4 Å². The van der Waals surface area contributed by atoms with Crippen LogP contribution in [0.1, 0.15) is 174 Å². The molecule has 0 radical (unpaired) electrons. The Kier molecular flexibility index (Phi) is 24.1. The van der Waals surface area contributed by atoms with E-state index in [1.165, 1.54) is 96.0 Å². The lowest BCUT2D eigenvalue weighted by molar-refractivity contribution is -0.154. The molecule has 2 aliphatic heterocycles. The van der Waals surface area contributed by atoms with Gasteiger partial charge in [0.2, 0.25) is 23.6 Å². The van der Waals surface area contributed by atoms with E-state index in [1.807, 2.05) is 6.08 Å². The molecule has 0 saturated carbocycles. The predicted octanol–water partition coefficient (Wildman–Crippen LogP) is 7.62. The largest absolute Gasteiger partial charge is 0.507 e. The van der Waals surface area contributed by atoms with Gasteiger partial charge in [-0.3, -0.25) is 19.2 Å². The first kappa shape index (κ1) is 49.9. The highest BCUT2D eigenvalue weighted by atomic mass is 16.5. The predicted molar refractivity (Wildman–Crippen MR) is 235 cm³/mol. The van der Waals surface area contributed by atoms with Crippen molar-refractivity contribution in [2.24, 2.45) is 4.99 Å². The van der Waals surface area contributed by atoms with Crippen LogP contribution in [0.3, 0.4) is 0 Å². The third-order valence-electron chi connectivity index (χ3n) is 11.2. The molecule has 4 atom stereocenters. The smallest absolute Gasteiger partial charge is 0.328 e. The van der Waals surface area contributed by atoms with E-state index >= 15 is 0 Å². The molecular weight excluding hydrogens is 763 g/mol. The van der Waals surface area contributed by atoms with E-state index in [2.05, 4.69) is 33.2 Å². The number of amides is 4. The van der Waals surface area contributed by atoms with Gasteiger partial charge in [0, 0.05) is 13.1 Å². The number of phenols is 1. The third-order valence-corrected chi connectivity index (χ3v) is 11.2. The molecule has 5 N–H and O–H groups in total. The quantitative estimate of drug-likeness (QED) is 0.0298. The van der Waals surface area contributed by atoms with Crippen LogP contribution in [-0.4, -0.2) is 84.0 Å². The minimum atomic E-state index is -1.38. The summed E-state index contributed by atoms with van der Waals surface area (Å²) in [5, 5.41) is 21.5. The third kappa shape index (κ3) is 19.8.